The minimum Gasteiger partial charge on any atom is -0.494 e. The van der Waals surface area contributed by atoms with Crippen LogP contribution in [0.5, 0.6) is 5.75 Å². The number of rotatable bonds is 7. The van der Waals surface area contributed by atoms with Gasteiger partial charge in [0.05, 0.1) is 12.0 Å². The Morgan fingerprint density at radius 2 is 1.87 bits per heavy atom. The molecule has 9 heteroatoms. The van der Waals surface area contributed by atoms with Gasteiger partial charge in [-0.15, -0.1) is 0 Å². The third-order valence-corrected chi connectivity index (χ3v) is 5.07. The molecule has 0 aliphatic rings. The van der Waals surface area contributed by atoms with Gasteiger partial charge in [0.25, 0.3) is 11.5 Å². The monoisotopic (exact) mass is 442 g/mol. The molecule has 0 unspecified atom stereocenters. The summed E-state index contributed by atoms with van der Waals surface area (Å²) in [5, 5.41) is 5.62. The molecule has 8 nitrogen and oxygen atoms in total. The number of ether oxygens (including phenoxy) is 1. The first-order chi connectivity index (χ1) is 14.9. The quantitative estimate of drug-likeness (QED) is 0.432. The van der Waals surface area contributed by atoms with Crippen LogP contribution in [-0.4, -0.2) is 28.2 Å². The lowest BCUT2D eigenvalue weighted by atomic mass is 10.1. The number of amides is 2. The lowest BCUT2D eigenvalue weighted by molar-refractivity contribution is -0.122. The molecule has 0 aliphatic carbocycles. The fourth-order valence-electron chi connectivity index (χ4n) is 3.00. The second-order valence-corrected chi connectivity index (χ2v) is 7.29. The molecule has 0 aliphatic heterocycles. The zero-order chi connectivity index (χ0) is 22.4. The zero-order valence-electron chi connectivity index (χ0n) is 17.3. The minimum atomic E-state index is -0.598. The maximum Gasteiger partial charge on any atom is 0.290 e. The molecule has 1 aromatic heterocycles. The van der Waals surface area contributed by atoms with Crippen LogP contribution >= 0.6 is 11.6 Å². The van der Waals surface area contributed by atoms with Crippen LogP contribution in [0.25, 0.3) is 10.8 Å². The van der Waals surface area contributed by atoms with Crippen molar-refractivity contribution in [2.75, 3.05) is 6.61 Å². The average Bonchev–Trinajstić information content (AvgIpc) is 2.78. The maximum absolute atomic E-state index is 12.6. The summed E-state index contributed by atoms with van der Waals surface area (Å²) in [6.07, 6.45) is 0.626. The van der Waals surface area contributed by atoms with Gasteiger partial charge in [0.2, 0.25) is 5.91 Å². The number of aromatic nitrogens is 2. The maximum atomic E-state index is 12.6. The standard InChI is InChI=1S/C22H23ClN4O4/c1-3-27-22(30)17-8-5-4-7-16(17)20(26-27)21(29)25-24-19(28)9-6-12-31-15-10-11-18(23)14(2)13-15/h4-5,7-8,10-11,13H,3,6,9,12H2,1-2H3,(H,24,28)(H,25,29). The summed E-state index contributed by atoms with van der Waals surface area (Å²) < 4.78 is 6.82. The number of hydrogen-bond donors (Lipinski definition) is 2. The Morgan fingerprint density at radius 1 is 1.13 bits per heavy atom. The summed E-state index contributed by atoms with van der Waals surface area (Å²) >= 11 is 5.98. The molecule has 1 heterocycles. The number of halogens is 1. The van der Waals surface area contributed by atoms with Gasteiger partial charge in [-0.25, -0.2) is 4.68 Å². The van der Waals surface area contributed by atoms with Gasteiger partial charge in [-0.2, -0.15) is 5.10 Å². The van der Waals surface area contributed by atoms with Crippen molar-refractivity contribution in [3.63, 3.8) is 0 Å². The van der Waals surface area contributed by atoms with Gasteiger partial charge in [0, 0.05) is 23.4 Å². The van der Waals surface area contributed by atoms with E-state index in [0.29, 0.717) is 41.1 Å². The second-order valence-electron chi connectivity index (χ2n) is 6.88. The highest BCUT2D eigenvalue weighted by Crippen LogP contribution is 2.21. The molecule has 162 valence electrons. The zero-order valence-corrected chi connectivity index (χ0v) is 18.0. The number of nitrogens with zero attached hydrogens (tertiary/aromatic N) is 2. The summed E-state index contributed by atoms with van der Waals surface area (Å²) in [5.74, 6) is -0.281. The smallest absolute Gasteiger partial charge is 0.290 e. The highest BCUT2D eigenvalue weighted by Gasteiger charge is 2.16. The molecule has 0 radical (unpaired) electrons. The summed E-state index contributed by atoms with van der Waals surface area (Å²) in [4.78, 5) is 37.0. The summed E-state index contributed by atoms with van der Waals surface area (Å²) in [6, 6.07) is 12.1. The van der Waals surface area contributed by atoms with E-state index in [0.717, 1.165) is 5.56 Å². The van der Waals surface area contributed by atoms with Gasteiger partial charge in [0.1, 0.15) is 5.75 Å². The van der Waals surface area contributed by atoms with Crippen molar-refractivity contribution in [2.24, 2.45) is 0 Å². The highest BCUT2D eigenvalue weighted by molar-refractivity contribution is 6.31. The van der Waals surface area contributed by atoms with Crippen LogP contribution in [0.15, 0.2) is 47.3 Å². The predicted molar refractivity (Wildman–Crippen MR) is 118 cm³/mol. The number of carbonyl (C=O) groups excluding carboxylic acids is 2. The van der Waals surface area contributed by atoms with Crippen molar-refractivity contribution < 1.29 is 14.3 Å². The van der Waals surface area contributed by atoms with E-state index in [2.05, 4.69) is 16.0 Å². The fraction of sp³-hybridized carbons (Fsp3) is 0.273. The van der Waals surface area contributed by atoms with E-state index in [9.17, 15) is 14.4 Å². The van der Waals surface area contributed by atoms with Crippen LogP contribution in [0, 0.1) is 6.92 Å². The molecular weight excluding hydrogens is 420 g/mol. The molecule has 0 spiro atoms. The lowest BCUT2D eigenvalue weighted by Gasteiger charge is -2.11. The van der Waals surface area contributed by atoms with E-state index in [1.807, 2.05) is 13.0 Å². The Morgan fingerprint density at radius 3 is 2.58 bits per heavy atom. The molecule has 31 heavy (non-hydrogen) atoms. The van der Waals surface area contributed by atoms with Crippen molar-refractivity contribution in [1.82, 2.24) is 20.6 Å². The SMILES string of the molecule is CCn1nc(C(=O)NNC(=O)CCCOc2ccc(Cl)c(C)c2)c2ccccc2c1=O. The normalized spacial score (nSPS) is 10.7. The van der Waals surface area contributed by atoms with Crippen LogP contribution in [0.1, 0.15) is 35.8 Å². The fourth-order valence-corrected chi connectivity index (χ4v) is 3.11. The van der Waals surface area contributed by atoms with Gasteiger partial charge >= 0.3 is 0 Å². The number of hydrogen-bond acceptors (Lipinski definition) is 5. The minimum absolute atomic E-state index is 0.0683. The number of aryl methyl sites for hydroxylation is 2. The predicted octanol–water partition coefficient (Wildman–Crippen LogP) is 3.00. The number of benzene rings is 2. The van der Waals surface area contributed by atoms with Gasteiger partial charge in [0.15, 0.2) is 5.69 Å². The number of hydrazine groups is 1. The Balaban J connectivity index is 1.53. The van der Waals surface area contributed by atoms with Crippen molar-refractivity contribution in [1.29, 1.82) is 0 Å². The lowest BCUT2D eigenvalue weighted by Crippen LogP contribution is -2.42. The van der Waals surface area contributed by atoms with E-state index in [1.54, 1.807) is 43.3 Å². The van der Waals surface area contributed by atoms with Gasteiger partial charge < -0.3 is 4.74 Å². The van der Waals surface area contributed by atoms with Crippen LogP contribution < -0.4 is 21.1 Å². The summed E-state index contributed by atoms with van der Waals surface area (Å²) in [6.45, 7) is 4.32. The van der Waals surface area contributed by atoms with Gasteiger partial charge in [-0.05, 0) is 50.1 Å². The molecule has 0 atom stereocenters. The molecule has 2 N–H and O–H groups in total. The Labute approximate surface area is 184 Å². The van der Waals surface area contributed by atoms with E-state index in [-0.39, 0.29) is 23.6 Å². The highest BCUT2D eigenvalue weighted by atomic mass is 35.5. The molecule has 0 saturated carbocycles. The molecular formula is C22H23ClN4O4. The van der Waals surface area contributed by atoms with Crippen molar-refractivity contribution in [3.05, 3.63) is 69.1 Å². The van der Waals surface area contributed by atoms with Gasteiger partial charge in [-0.3, -0.25) is 25.2 Å². The number of fused-ring (bicyclic) bond motifs is 1. The Bertz CT molecular complexity index is 1180. The van der Waals surface area contributed by atoms with E-state index in [1.165, 1.54) is 4.68 Å². The van der Waals surface area contributed by atoms with Crippen LogP contribution in [0.4, 0.5) is 0 Å². The van der Waals surface area contributed by atoms with E-state index < -0.39 is 5.91 Å². The van der Waals surface area contributed by atoms with Gasteiger partial charge in [-0.1, -0.05) is 29.8 Å². The molecule has 3 rings (SSSR count). The number of nitrogens with one attached hydrogen (secondary N) is 2. The van der Waals surface area contributed by atoms with Crippen molar-refractivity contribution in [3.8, 4) is 5.75 Å². The van der Waals surface area contributed by atoms with Crippen molar-refractivity contribution in [2.45, 2.75) is 33.2 Å². The van der Waals surface area contributed by atoms with E-state index >= 15 is 0 Å². The van der Waals surface area contributed by atoms with Crippen LogP contribution in [-0.2, 0) is 11.3 Å². The summed E-state index contributed by atoms with van der Waals surface area (Å²) in [5.41, 5.74) is 5.45. The van der Waals surface area contributed by atoms with Crippen molar-refractivity contribution >= 4 is 34.2 Å². The largest absolute Gasteiger partial charge is 0.494 e. The van der Waals surface area contributed by atoms with Crippen LogP contribution in [0.2, 0.25) is 5.02 Å². The summed E-state index contributed by atoms with van der Waals surface area (Å²) in [7, 11) is 0. The molecule has 3 aromatic rings. The molecule has 0 fully saturated rings. The topological polar surface area (TPSA) is 102 Å². The Hall–Kier alpha value is -3.39. The Kier molecular flexibility index (Phi) is 7.25. The average molecular weight is 443 g/mol. The molecule has 0 bridgehead atoms. The second kappa shape index (κ2) is 10.1. The first-order valence-electron chi connectivity index (χ1n) is 9.88. The molecule has 2 aromatic carbocycles. The number of carbonyl (C=O) groups is 2. The third-order valence-electron chi connectivity index (χ3n) is 4.64. The van der Waals surface area contributed by atoms with E-state index in [4.69, 9.17) is 16.3 Å². The first-order valence-corrected chi connectivity index (χ1v) is 10.3. The molecule has 2 amide bonds. The molecule has 0 saturated heterocycles. The third kappa shape index (κ3) is 5.40. The van der Waals surface area contributed by atoms with Crippen LogP contribution in [0.3, 0.4) is 0 Å². The first kappa shape index (κ1) is 22.3.